The average molecular weight is 289 g/mol. The van der Waals surface area contributed by atoms with E-state index in [2.05, 4.69) is 15.6 Å². The molecule has 0 spiro atoms. The Morgan fingerprint density at radius 1 is 1.52 bits per heavy atom. The Hall–Kier alpha value is -2.70. The van der Waals surface area contributed by atoms with Crippen LogP contribution in [0.2, 0.25) is 0 Å². The number of hydrogen-bond donors (Lipinski definition) is 3. The lowest BCUT2D eigenvalue weighted by atomic mass is 10.1. The molecule has 0 aliphatic rings. The molecule has 112 valence electrons. The highest BCUT2D eigenvalue weighted by molar-refractivity contribution is 5.99. The SMILES string of the molecule is COc1ccc(CNc2cn(C)nc2C)cc1/C(N)=N/O. The largest absolute Gasteiger partial charge is 0.496 e. The minimum Gasteiger partial charge on any atom is -0.496 e. The first kappa shape index (κ1) is 14.7. The van der Waals surface area contributed by atoms with Crippen molar-refractivity contribution >= 4 is 11.5 Å². The van der Waals surface area contributed by atoms with Crippen LogP contribution in [0.3, 0.4) is 0 Å². The van der Waals surface area contributed by atoms with Gasteiger partial charge in [-0.2, -0.15) is 5.10 Å². The second-order valence-electron chi connectivity index (χ2n) is 4.68. The second-order valence-corrected chi connectivity index (χ2v) is 4.68. The standard InChI is InChI=1S/C14H19N5O2/c1-9-12(8-19(2)17-9)16-7-10-4-5-13(21-3)11(6-10)14(15)18-20/h4-6,8,16,20H,7H2,1-3H3,(H2,15,18). The summed E-state index contributed by atoms with van der Waals surface area (Å²) in [6.45, 7) is 2.54. The molecule has 4 N–H and O–H groups in total. The van der Waals surface area contributed by atoms with Gasteiger partial charge in [0.05, 0.1) is 24.1 Å². The van der Waals surface area contributed by atoms with Crippen LogP contribution < -0.4 is 15.8 Å². The van der Waals surface area contributed by atoms with E-state index in [4.69, 9.17) is 15.7 Å². The topological polar surface area (TPSA) is 97.7 Å². The zero-order valence-electron chi connectivity index (χ0n) is 12.3. The average Bonchev–Trinajstić information content (AvgIpc) is 2.81. The van der Waals surface area contributed by atoms with Gasteiger partial charge < -0.3 is 21.0 Å². The Kier molecular flexibility index (Phi) is 4.32. The molecule has 0 aliphatic heterocycles. The Balaban J connectivity index is 2.19. The van der Waals surface area contributed by atoms with E-state index in [1.54, 1.807) is 17.9 Å². The Morgan fingerprint density at radius 2 is 2.29 bits per heavy atom. The fraction of sp³-hybridized carbons (Fsp3) is 0.286. The number of methoxy groups -OCH3 is 1. The van der Waals surface area contributed by atoms with Crippen molar-refractivity contribution in [2.75, 3.05) is 12.4 Å². The first-order valence-electron chi connectivity index (χ1n) is 6.44. The van der Waals surface area contributed by atoms with E-state index in [1.807, 2.05) is 32.3 Å². The molecule has 0 fully saturated rings. The van der Waals surface area contributed by atoms with Gasteiger partial charge in [0.1, 0.15) is 5.75 Å². The summed E-state index contributed by atoms with van der Waals surface area (Å²) in [7, 11) is 3.42. The van der Waals surface area contributed by atoms with Gasteiger partial charge in [-0.15, -0.1) is 0 Å². The minimum absolute atomic E-state index is 0.0197. The number of nitrogens with two attached hydrogens (primary N) is 1. The Labute approximate surface area is 123 Å². The van der Waals surface area contributed by atoms with Crippen LogP contribution in [0.4, 0.5) is 5.69 Å². The highest BCUT2D eigenvalue weighted by Gasteiger charge is 2.09. The first-order valence-corrected chi connectivity index (χ1v) is 6.44. The molecular formula is C14H19N5O2. The van der Waals surface area contributed by atoms with Crippen molar-refractivity contribution in [2.45, 2.75) is 13.5 Å². The summed E-state index contributed by atoms with van der Waals surface area (Å²) in [5, 5.41) is 19.4. The number of oxime groups is 1. The van der Waals surface area contributed by atoms with E-state index in [-0.39, 0.29) is 5.84 Å². The molecule has 0 aliphatic carbocycles. The van der Waals surface area contributed by atoms with E-state index >= 15 is 0 Å². The fourth-order valence-electron chi connectivity index (χ4n) is 2.09. The Morgan fingerprint density at radius 3 is 2.86 bits per heavy atom. The predicted octanol–water partition coefficient (Wildman–Crippen LogP) is 1.44. The molecule has 2 rings (SSSR count). The monoisotopic (exact) mass is 289 g/mol. The molecule has 0 radical (unpaired) electrons. The van der Waals surface area contributed by atoms with Crippen molar-refractivity contribution in [1.82, 2.24) is 9.78 Å². The van der Waals surface area contributed by atoms with Crippen LogP contribution in [0.5, 0.6) is 5.75 Å². The molecule has 0 atom stereocenters. The number of ether oxygens (including phenoxy) is 1. The summed E-state index contributed by atoms with van der Waals surface area (Å²) >= 11 is 0. The zero-order valence-corrected chi connectivity index (χ0v) is 12.3. The van der Waals surface area contributed by atoms with Crippen LogP contribution in [0.25, 0.3) is 0 Å². The smallest absolute Gasteiger partial charge is 0.173 e. The van der Waals surface area contributed by atoms with Crippen LogP contribution in [0, 0.1) is 6.92 Å². The maximum absolute atomic E-state index is 8.83. The van der Waals surface area contributed by atoms with Crippen LogP contribution >= 0.6 is 0 Å². The normalized spacial score (nSPS) is 11.5. The van der Waals surface area contributed by atoms with Gasteiger partial charge in [-0.1, -0.05) is 11.2 Å². The fourth-order valence-corrected chi connectivity index (χ4v) is 2.09. The van der Waals surface area contributed by atoms with Crippen LogP contribution in [0.1, 0.15) is 16.8 Å². The molecule has 0 unspecified atom stereocenters. The number of nitrogens with one attached hydrogen (secondary N) is 1. The van der Waals surface area contributed by atoms with Gasteiger partial charge in [-0.25, -0.2) is 0 Å². The van der Waals surface area contributed by atoms with Gasteiger partial charge in [0.15, 0.2) is 5.84 Å². The maximum Gasteiger partial charge on any atom is 0.173 e. The summed E-state index contributed by atoms with van der Waals surface area (Å²) in [6.07, 6.45) is 1.92. The molecule has 7 heteroatoms. The van der Waals surface area contributed by atoms with Crippen molar-refractivity contribution < 1.29 is 9.94 Å². The number of anilines is 1. The first-order chi connectivity index (χ1) is 10.0. The molecule has 0 saturated heterocycles. The lowest BCUT2D eigenvalue weighted by Gasteiger charge is -2.10. The van der Waals surface area contributed by atoms with Crippen LogP contribution in [-0.2, 0) is 13.6 Å². The van der Waals surface area contributed by atoms with Crippen molar-refractivity contribution in [3.63, 3.8) is 0 Å². The molecule has 0 saturated carbocycles. The quantitative estimate of drug-likeness (QED) is 0.335. The number of nitrogens with zero attached hydrogens (tertiary/aromatic N) is 3. The molecule has 1 heterocycles. The molecule has 0 bridgehead atoms. The van der Waals surface area contributed by atoms with E-state index in [0.717, 1.165) is 16.9 Å². The number of rotatable bonds is 5. The molecule has 2 aromatic rings. The van der Waals surface area contributed by atoms with Gasteiger partial charge in [0.2, 0.25) is 0 Å². The third kappa shape index (κ3) is 3.25. The molecule has 7 nitrogen and oxygen atoms in total. The number of aryl methyl sites for hydroxylation is 2. The zero-order chi connectivity index (χ0) is 15.4. The van der Waals surface area contributed by atoms with Gasteiger partial charge in [-0.3, -0.25) is 4.68 Å². The van der Waals surface area contributed by atoms with Gasteiger partial charge >= 0.3 is 0 Å². The number of aromatic nitrogens is 2. The number of hydrogen-bond acceptors (Lipinski definition) is 5. The summed E-state index contributed by atoms with van der Waals surface area (Å²) in [4.78, 5) is 0. The molecule has 0 amide bonds. The Bertz CT molecular complexity index is 663. The molecular weight excluding hydrogens is 270 g/mol. The lowest BCUT2D eigenvalue weighted by Crippen LogP contribution is -2.15. The number of amidine groups is 1. The van der Waals surface area contributed by atoms with Crippen molar-refractivity contribution in [3.8, 4) is 5.75 Å². The lowest BCUT2D eigenvalue weighted by molar-refractivity contribution is 0.318. The summed E-state index contributed by atoms with van der Waals surface area (Å²) < 4.78 is 6.96. The summed E-state index contributed by atoms with van der Waals surface area (Å²) in [5.41, 5.74) is 9.11. The van der Waals surface area contributed by atoms with Crippen LogP contribution in [-0.4, -0.2) is 27.9 Å². The maximum atomic E-state index is 8.83. The summed E-state index contributed by atoms with van der Waals surface area (Å²) in [6, 6.07) is 5.54. The predicted molar refractivity (Wildman–Crippen MR) is 80.8 cm³/mol. The minimum atomic E-state index is 0.0197. The van der Waals surface area contributed by atoms with Gasteiger partial charge in [0.25, 0.3) is 0 Å². The highest BCUT2D eigenvalue weighted by atomic mass is 16.5. The molecule has 1 aromatic carbocycles. The van der Waals surface area contributed by atoms with Gasteiger partial charge in [-0.05, 0) is 24.6 Å². The van der Waals surface area contributed by atoms with Crippen molar-refractivity contribution in [2.24, 2.45) is 17.9 Å². The molecule has 1 aromatic heterocycles. The third-order valence-electron chi connectivity index (χ3n) is 3.14. The molecule has 21 heavy (non-hydrogen) atoms. The number of benzene rings is 1. The third-order valence-corrected chi connectivity index (χ3v) is 3.14. The van der Waals surface area contributed by atoms with Crippen molar-refractivity contribution in [3.05, 3.63) is 41.2 Å². The highest BCUT2D eigenvalue weighted by Crippen LogP contribution is 2.21. The van der Waals surface area contributed by atoms with E-state index < -0.39 is 0 Å². The second kappa shape index (κ2) is 6.17. The van der Waals surface area contributed by atoms with Crippen LogP contribution in [0.15, 0.2) is 29.6 Å². The van der Waals surface area contributed by atoms with E-state index in [0.29, 0.717) is 17.9 Å². The van der Waals surface area contributed by atoms with Crippen molar-refractivity contribution in [1.29, 1.82) is 0 Å². The van der Waals surface area contributed by atoms with Gasteiger partial charge in [0, 0.05) is 19.8 Å². The summed E-state index contributed by atoms with van der Waals surface area (Å²) in [5.74, 6) is 0.581. The van der Waals surface area contributed by atoms with E-state index in [1.165, 1.54) is 0 Å². The van der Waals surface area contributed by atoms with E-state index in [9.17, 15) is 0 Å².